The van der Waals surface area contributed by atoms with Crippen molar-refractivity contribution in [2.45, 2.75) is 62.9 Å². The van der Waals surface area contributed by atoms with E-state index >= 15 is 0 Å². The van der Waals surface area contributed by atoms with Crippen molar-refractivity contribution < 1.29 is 4.74 Å². The van der Waals surface area contributed by atoms with E-state index in [9.17, 15) is 0 Å². The fourth-order valence-corrected chi connectivity index (χ4v) is 4.38. The van der Waals surface area contributed by atoms with Crippen LogP contribution in [0.3, 0.4) is 0 Å². The predicted molar refractivity (Wildman–Crippen MR) is 130 cm³/mol. The number of ether oxygens (including phenoxy) is 1. The van der Waals surface area contributed by atoms with Gasteiger partial charge in [-0.25, -0.2) is 15.0 Å². The molecule has 0 radical (unpaired) electrons. The molecule has 8 heteroatoms. The van der Waals surface area contributed by atoms with E-state index < -0.39 is 0 Å². The maximum absolute atomic E-state index is 5.81. The van der Waals surface area contributed by atoms with E-state index in [-0.39, 0.29) is 5.41 Å². The molecule has 0 N–H and O–H groups in total. The molecule has 4 rings (SSSR count). The Morgan fingerprint density at radius 2 is 1.88 bits per heavy atom. The monoisotopic (exact) mass is 456 g/mol. The van der Waals surface area contributed by atoms with Gasteiger partial charge in [0.25, 0.3) is 0 Å². The van der Waals surface area contributed by atoms with Crippen molar-refractivity contribution in [3.63, 3.8) is 0 Å². The molecule has 174 valence electrons. The zero-order valence-electron chi connectivity index (χ0n) is 19.9. The molecular weight excluding hydrogens is 420 g/mol. The van der Waals surface area contributed by atoms with E-state index in [1.807, 2.05) is 12.3 Å². The van der Waals surface area contributed by atoms with Crippen LogP contribution in [0.2, 0.25) is 0 Å². The minimum atomic E-state index is -0.0312. The summed E-state index contributed by atoms with van der Waals surface area (Å²) >= 11 is 1.53. The van der Waals surface area contributed by atoms with Gasteiger partial charge >= 0.3 is 0 Å². The summed E-state index contributed by atoms with van der Waals surface area (Å²) in [7, 11) is 0. The maximum atomic E-state index is 5.81. The average Bonchev–Trinajstić information content (AvgIpc) is 2.75. The molecule has 0 unspecified atom stereocenters. The van der Waals surface area contributed by atoms with Crippen molar-refractivity contribution >= 4 is 17.6 Å². The van der Waals surface area contributed by atoms with Crippen LogP contribution in [-0.4, -0.2) is 70.4 Å². The van der Waals surface area contributed by atoms with Gasteiger partial charge in [-0.2, -0.15) is 4.98 Å². The van der Waals surface area contributed by atoms with E-state index in [1.54, 1.807) is 6.20 Å². The zero-order chi connectivity index (χ0) is 22.6. The molecule has 32 heavy (non-hydrogen) atoms. The first-order valence-corrected chi connectivity index (χ1v) is 13.0. The van der Waals surface area contributed by atoms with Gasteiger partial charge in [0.15, 0.2) is 5.16 Å². The molecule has 2 aromatic heterocycles. The molecule has 1 aliphatic carbocycles. The van der Waals surface area contributed by atoms with Crippen LogP contribution in [-0.2, 0) is 5.41 Å². The second kappa shape index (κ2) is 10.3. The third-order valence-electron chi connectivity index (χ3n) is 6.28. The normalized spacial score (nSPS) is 17.9. The molecule has 0 amide bonds. The Bertz CT molecular complexity index is 890. The molecule has 0 aromatic carbocycles. The van der Waals surface area contributed by atoms with Crippen molar-refractivity contribution in [2.75, 3.05) is 50.5 Å². The third-order valence-corrected chi connectivity index (χ3v) is 6.84. The molecule has 2 fully saturated rings. The molecule has 2 aliphatic rings. The van der Waals surface area contributed by atoms with Crippen LogP contribution in [0.4, 0.5) is 5.82 Å². The number of rotatable bonds is 8. The lowest BCUT2D eigenvalue weighted by molar-refractivity contribution is 0.220. The van der Waals surface area contributed by atoms with Gasteiger partial charge in [-0.1, -0.05) is 39.0 Å². The molecule has 3 heterocycles. The first kappa shape index (κ1) is 23.2. The first-order valence-electron chi connectivity index (χ1n) is 11.8. The SMILES string of the molecule is CSc1nccc(OCCCN2CCN(c3cc(C4CCC4)nc(C(C)(C)C)n3)CC2)n1. The predicted octanol–water partition coefficient (Wildman–Crippen LogP) is 4.14. The van der Waals surface area contributed by atoms with Gasteiger partial charge in [0.05, 0.1) is 6.61 Å². The van der Waals surface area contributed by atoms with Crippen LogP contribution in [0.15, 0.2) is 23.5 Å². The summed E-state index contributed by atoms with van der Waals surface area (Å²) < 4.78 is 5.81. The molecule has 2 aromatic rings. The molecular formula is C24H36N6OS. The number of piperazine rings is 1. The minimum absolute atomic E-state index is 0.0312. The standard InChI is InChI=1S/C24H36N6OS/c1-24(2,3)22-26-19(18-7-5-8-18)17-20(27-22)30-14-12-29(13-15-30)11-6-16-31-21-9-10-25-23(28-21)32-4/h9-10,17-18H,5-8,11-16H2,1-4H3. The summed E-state index contributed by atoms with van der Waals surface area (Å²) in [5.74, 6) is 3.38. The largest absolute Gasteiger partial charge is 0.478 e. The van der Waals surface area contributed by atoms with E-state index in [0.29, 0.717) is 18.4 Å². The Morgan fingerprint density at radius 3 is 2.53 bits per heavy atom. The highest BCUT2D eigenvalue weighted by Gasteiger charge is 2.27. The highest BCUT2D eigenvalue weighted by Crippen LogP contribution is 2.37. The van der Waals surface area contributed by atoms with Crippen molar-refractivity contribution in [1.82, 2.24) is 24.8 Å². The Labute approximate surface area is 196 Å². The summed E-state index contributed by atoms with van der Waals surface area (Å²) in [5.41, 5.74) is 1.22. The van der Waals surface area contributed by atoms with Gasteiger partial charge in [-0.05, 0) is 25.5 Å². The van der Waals surface area contributed by atoms with Gasteiger partial charge in [0.2, 0.25) is 5.88 Å². The Kier molecular flexibility index (Phi) is 7.51. The number of aromatic nitrogens is 4. The number of nitrogens with zero attached hydrogens (tertiary/aromatic N) is 6. The van der Waals surface area contributed by atoms with Crippen molar-refractivity contribution in [1.29, 1.82) is 0 Å². The van der Waals surface area contributed by atoms with Crippen molar-refractivity contribution in [2.24, 2.45) is 0 Å². The summed E-state index contributed by atoms with van der Waals surface area (Å²) in [6.07, 6.45) is 8.58. The number of hydrogen-bond donors (Lipinski definition) is 0. The summed E-state index contributed by atoms with van der Waals surface area (Å²) in [6, 6.07) is 4.08. The summed E-state index contributed by atoms with van der Waals surface area (Å²) in [5, 5.41) is 0.749. The van der Waals surface area contributed by atoms with E-state index in [0.717, 1.165) is 55.9 Å². The highest BCUT2D eigenvalue weighted by atomic mass is 32.2. The van der Waals surface area contributed by atoms with Crippen LogP contribution in [0.25, 0.3) is 0 Å². The molecule has 7 nitrogen and oxygen atoms in total. The fraction of sp³-hybridized carbons (Fsp3) is 0.667. The lowest BCUT2D eigenvalue weighted by atomic mass is 9.82. The van der Waals surface area contributed by atoms with Gasteiger partial charge < -0.3 is 9.64 Å². The van der Waals surface area contributed by atoms with E-state index in [4.69, 9.17) is 14.7 Å². The molecule has 1 saturated carbocycles. The van der Waals surface area contributed by atoms with Crippen LogP contribution in [0, 0.1) is 0 Å². The number of hydrogen-bond acceptors (Lipinski definition) is 8. The first-order chi connectivity index (χ1) is 15.4. The lowest BCUT2D eigenvalue weighted by Gasteiger charge is -2.36. The maximum Gasteiger partial charge on any atom is 0.217 e. The topological polar surface area (TPSA) is 67.3 Å². The summed E-state index contributed by atoms with van der Waals surface area (Å²) in [6.45, 7) is 12.5. The number of anilines is 1. The quantitative estimate of drug-likeness (QED) is 0.333. The Hall–Kier alpha value is -1.93. The van der Waals surface area contributed by atoms with Crippen molar-refractivity contribution in [3.05, 3.63) is 29.8 Å². The second-order valence-electron chi connectivity index (χ2n) is 9.76. The van der Waals surface area contributed by atoms with Gasteiger partial charge in [0, 0.05) is 68.1 Å². The molecule has 0 atom stereocenters. The van der Waals surface area contributed by atoms with E-state index in [1.165, 1.54) is 36.7 Å². The van der Waals surface area contributed by atoms with Crippen LogP contribution < -0.4 is 9.64 Å². The molecule has 1 saturated heterocycles. The van der Waals surface area contributed by atoms with Gasteiger partial charge in [-0.3, -0.25) is 4.90 Å². The Balaban J connectivity index is 1.28. The van der Waals surface area contributed by atoms with Crippen molar-refractivity contribution in [3.8, 4) is 5.88 Å². The Morgan fingerprint density at radius 1 is 1.09 bits per heavy atom. The summed E-state index contributed by atoms with van der Waals surface area (Å²) in [4.78, 5) is 23.4. The third kappa shape index (κ3) is 5.90. The minimum Gasteiger partial charge on any atom is -0.478 e. The van der Waals surface area contributed by atoms with Gasteiger partial charge in [-0.15, -0.1) is 0 Å². The second-order valence-corrected chi connectivity index (χ2v) is 10.5. The molecule has 0 spiro atoms. The smallest absolute Gasteiger partial charge is 0.217 e. The molecule has 1 aliphatic heterocycles. The lowest BCUT2D eigenvalue weighted by Crippen LogP contribution is -2.47. The number of thioether (sulfide) groups is 1. The molecule has 0 bridgehead atoms. The van der Waals surface area contributed by atoms with Crippen LogP contribution in [0.5, 0.6) is 5.88 Å². The fourth-order valence-electron chi connectivity index (χ4n) is 4.03. The highest BCUT2D eigenvalue weighted by molar-refractivity contribution is 7.98. The van der Waals surface area contributed by atoms with E-state index in [2.05, 4.69) is 46.6 Å². The van der Waals surface area contributed by atoms with Gasteiger partial charge in [0.1, 0.15) is 11.6 Å². The van der Waals surface area contributed by atoms with Crippen LogP contribution >= 0.6 is 11.8 Å². The van der Waals surface area contributed by atoms with Crippen LogP contribution in [0.1, 0.15) is 63.9 Å². The average molecular weight is 457 g/mol. The zero-order valence-corrected chi connectivity index (χ0v) is 20.7.